The highest BCUT2D eigenvalue weighted by molar-refractivity contribution is 5.88. The summed E-state index contributed by atoms with van der Waals surface area (Å²) >= 11 is 0. The Balaban J connectivity index is 2.47. The molecule has 0 aliphatic carbocycles. The van der Waals surface area contributed by atoms with E-state index < -0.39 is 11.6 Å². The number of ether oxygens (including phenoxy) is 1. The van der Waals surface area contributed by atoms with Crippen molar-refractivity contribution in [2.24, 2.45) is 0 Å². The van der Waals surface area contributed by atoms with Crippen LogP contribution in [-0.4, -0.2) is 35.3 Å². The largest absolute Gasteiger partial charge is 0.465 e. The summed E-state index contributed by atoms with van der Waals surface area (Å²) in [6.07, 6.45) is 2.18. The van der Waals surface area contributed by atoms with Crippen molar-refractivity contribution in [3.63, 3.8) is 0 Å². The van der Waals surface area contributed by atoms with E-state index >= 15 is 0 Å². The Morgan fingerprint density at radius 1 is 1.56 bits per heavy atom. The van der Waals surface area contributed by atoms with E-state index in [-0.39, 0.29) is 0 Å². The number of aliphatic hydroxyl groups is 1. The summed E-state index contributed by atoms with van der Waals surface area (Å²) in [7, 11) is 1.34. The lowest BCUT2D eigenvalue weighted by atomic mass is 10.0. The summed E-state index contributed by atoms with van der Waals surface area (Å²) in [5, 5.41) is 12.9. The second-order valence-electron chi connectivity index (χ2n) is 4.48. The molecule has 100 valence electrons. The highest BCUT2D eigenvalue weighted by atomic mass is 16.5. The zero-order chi connectivity index (χ0) is 13.6. The molecule has 0 spiro atoms. The number of nitrogens with zero attached hydrogens (tertiary/aromatic N) is 1. The molecule has 0 saturated carbocycles. The molecule has 5 nitrogen and oxygen atoms in total. The number of rotatable bonds is 6. The summed E-state index contributed by atoms with van der Waals surface area (Å²) in [6.45, 7) is 4.78. The molecule has 5 heteroatoms. The topological polar surface area (TPSA) is 71.5 Å². The average molecular weight is 252 g/mol. The Kier molecular flexibility index (Phi) is 5.25. The minimum absolute atomic E-state index is 0.393. The molecule has 0 aliphatic rings. The molecule has 0 bridgehead atoms. The van der Waals surface area contributed by atoms with Crippen LogP contribution in [0.1, 0.15) is 36.3 Å². The van der Waals surface area contributed by atoms with Crippen LogP contribution in [0.3, 0.4) is 0 Å². The van der Waals surface area contributed by atoms with Crippen molar-refractivity contribution in [2.75, 3.05) is 13.7 Å². The molecule has 0 saturated heterocycles. The zero-order valence-corrected chi connectivity index (χ0v) is 11.1. The Morgan fingerprint density at radius 3 is 2.78 bits per heavy atom. The standard InChI is InChI=1S/C13H20N2O3/c1-4-13(2,17)9-14-8-11-6-5-10(7-15-11)12(16)18-3/h5-7,14,17H,4,8-9H2,1-3H3. The SMILES string of the molecule is CCC(C)(O)CNCc1ccc(C(=O)OC)cn1. The van der Waals surface area contributed by atoms with Crippen molar-refractivity contribution in [3.05, 3.63) is 29.6 Å². The van der Waals surface area contributed by atoms with Crippen LogP contribution in [-0.2, 0) is 11.3 Å². The fourth-order valence-electron chi connectivity index (χ4n) is 1.35. The number of carbonyl (C=O) groups is 1. The van der Waals surface area contributed by atoms with Crippen LogP contribution in [0.5, 0.6) is 0 Å². The highest BCUT2D eigenvalue weighted by Gasteiger charge is 2.16. The van der Waals surface area contributed by atoms with Crippen molar-refractivity contribution < 1.29 is 14.6 Å². The van der Waals surface area contributed by atoms with E-state index in [4.69, 9.17) is 0 Å². The van der Waals surface area contributed by atoms with Crippen molar-refractivity contribution >= 4 is 5.97 Å². The van der Waals surface area contributed by atoms with Crippen LogP contribution >= 0.6 is 0 Å². The van der Waals surface area contributed by atoms with E-state index in [0.717, 1.165) is 5.69 Å². The molecule has 1 heterocycles. The third-order valence-electron chi connectivity index (χ3n) is 2.82. The normalized spacial score (nSPS) is 14.0. The van der Waals surface area contributed by atoms with E-state index in [9.17, 15) is 9.90 Å². The van der Waals surface area contributed by atoms with Gasteiger partial charge in [-0.1, -0.05) is 6.92 Å². The predicted octanol–water partition coefficient (Wildman–Crippen LogP) is 1.12. The molecule has 0 aromatic carbocycles. The molecular weight excluding hydrogens is 232 g/mol. The zero-order valence-electron chi connectivity index (χ0n) is 11.1. The number of aromatic nitrogens is 1. The van der Waals surface area contributed by atoms with Gasteiger partial charge in [-0.15, -0.1) is 0 Å². The average Bonchev–Trinajstić information content (AvgIpc) is 2.38. The molecule has 0 fully saturated rings. The minimum atomic E-state index is -0.702. The molecule has 18 heavy (non-hydrogen) atoms. The van der Waals surface area contributed by atoms with Gasteiger partial charge in [-0.05, 0) is 25.5 Å². The second kappa shape index (κ2) is 6.47. The van der Waals surface area contributed by atoms with Crippen LogP contribution in [0.4, 0.5) is 0 Å². The molecular formula is C13H20N2O3. The Hall–Kier alpha value is -1.46. The number of esters is 1. The maximum atomic E-state index is 11.2. The molecule has 1 aromatic rings. The third-order valence-corrected chi connectivity index (χ3v) is 2.82. The first-order chi connectivity index (χ1) is 8.48. The van der Waals surface area contributed by atoms with Crippen molar-refractivity contribution in [1.82, 2.24) is 10.3 Å². The summed E-state index contributed by atoms with van der Waals surface area (Å²) in [4.78, 5) is 15.3. The minimum Gasteiger partial charge on any atom is -0.465 e. The van der Waals surface area contributed by atoms with Crippen LogP contribution in [0.15, 0.2) is 18.3 Å². The van der Waals surface area contributed by atoms with Crippen molar-refractivity contribution in [1.29, 1.82) is 0 Å². The first-order valence-electron chi connectivity index (χ1n) is 5.95. The van der Waals surface area contributed by atoms with Crippen LogP contribution < -0.4 is 5.32 Å². The van der Waals surface area contributed by atoms with E-state index in [1.54, 1.807) is 19.1 Å². The van der Waals surface area contributed by atoms with E-state index in [1.807, 2.05) is 6.92 Å². The molecule has 2 N–H and O–H groups in total. The smallest absolute Gasteiger partial charge is 0.339 e. The van der Waals surface area contributed by atoms with Gasteiger partial charge in [-0.25, -0.2) is 4.79 Å². The first kappa shape index (κ1) is 14.6. The highest BCUT2D eigenvalue weighted by Crippen LogP contribution is 2.07. The van der Waals surface area contributed by atoms with Gasteiger partial charge in [0, 0.05) is 19.3 Å². The lowest BCUT2D eigenvalue weighted by molar-refractivity contribution is 0.0554. The van der Waals surface area contributed by atoms with Gasteiger partial charge in [-0.3, -0.25) is 4.98 Å². The van der Waals surface area contributed by atoms with Gasteiger partial charge in [0.2, 0.25) is 0 Å². The van der Waals surface area contributed by atoms with Crippen LogP contribution in [0, 0.1) is 0 Å². The number of methoxy groups -OCH3 is 1. The Labute approximate surface area is 107 Å². The Bertz CT molecular complexity index is 388. The second-order valence-corrected chi connectivity index (χ2v) is 4.48. The summed E-state index contributed by atoms with van der Waals surface area (Å²) in [5.41, 5.74) is 0.544. The van der Waals surface area contributed by atoms with E-state index in [2.05, 4.69) is 15.0 Å². The van der Waals surface area contributed by atoms with Gasteiger partial charge in [0.1, 0.15) is 0 Å². The van der Waals surface area contributed by atoms with Gasteiger partial charge >= 0.3 is 5.97 Å². The molecule has 0 aliphatic heterocycles. The molecule has 0 radical (unpaired) electrons. The number of pyridine rings is 1. The number of hydrogen-bond donors (Lipinski definition) is 2. The van der Waals surface area contributed by atoms with Crippen LogP contribution in [0.2, 0.25) is 0 Å². The summed E-state index contributed by atoms with van der Waals surface area (Å²) < 4.78 is 4.59. The van der Waals surface area contributed by atoms with E-state index in [1.165, 1.54) is 13.3 Å². The van der Waals surface area contributed by atoms with Gasteiger partial charge in [0.15, 0.2) is 0 Å². The lowest BCUT2D eigenvalue weighted by Gasteiger charge is -2.21. The molecule has 0 amide bonds. The number of nitrogens with one attached hydrogen (secondary N) is 1. The monoisotopic (exact) mass is 252 g/mol. The van der Waals surface area contributed by atoms with Crippen molar-refractivity contribution in [3.8, 4) is 0 Å². The fourth-order valence-corrected chi connectivity index (χ4v) is 1.35. The maximum absolute atomic E-state index is 11.2. The lowest BCUT2D eigenvalue weighted by Crippen LogP contribution is -2.36. The third kappa shape index (κ3) is 4.43. The van der Waals surface area contributed by atoms with Crippen LogP contribution in [0.25, 0.3) is 0 Å². The number of carbonyl (C=O) groups excluding carboxylic acids is 1. The van der Waals surface area contributed by atoms with Crippen molar-refractivity contribution in [2.45, 2.75) is 32.4 Å². The summed E-state index contributed by atoms with van der Waals surface area (Å²) in [6, 6.07) is 3.44. The quantitative estimate of drug-likeness (QED) is 0.742. The molecule has 1 unspecified atom stereocenters. The fraction of sp³-hybridized carbons (Fsp3) is 0.538. The maximum Gasteiger partial charge on any atom is 0.339 e. The van der Waals surface area contributed by atoms with Gasteiger partial charge in [0.25, 0.3) is 0 Å². The summed E-state index contributed by atoms with van der Waals surface area (Å²) in [5.74, 6) is -0.393. The van der Waals surface area contributed by atoms with E-state index in [0.29, 0.717) is 25.1 Å². The van der Waals surface area contributed by atoms with Gasteiger partial charge in [0.05, 0.1) is 24.0 Å². The first-order valence-corrected chi connectivity index (χ1v) is 5.95. The van der Waals surface area contributed by atoms with Gasteiger partial charge in [-0.2, -0.15) is 0 Å². The molecule has 1 atom stereocenters. The number of hydrogen-bond acceptors (Lipinski definition) is 5. The molecule has 1 rings (SSSR count). The molecule has 1 aromatic heterocycles. The predicted molar refractivity (Wildman–Crippen MR) is 68.2 cm³/mol. The van der Waals surface area contributed by atoms with Gasteiger partial charge < -0.3 is 15.2 Å². The Morgan fingerprint density at radius 2 is 2.28 bits per heavy atom.